The molecule has 1 aliphatic rings. The van der Waals surface area contributed by atoms with Gasteiger partial charge in [0, 0.05) is 36.4 Å². The number of nitrogens with zero attached hydrogens (tertiary/aromatic N) is 3. The molecule has 2 heterocycles. The maximum absolute atomic E-state index is 12.9. The maximum Gasteiger partial charge on any atom is 0.251 e. The Morgan fingerprint density at radius 3 is 2.44 bits per heavy atom. The highest BCUT2D eigenvalue weighted by molar-refractivity contribution is 5.89. The van der Waals surface area contributed by atoms with Crippen molar-refractivity contribution in [3.63, 3.8) is 0 Å². The van der Waals surface area contributed by atoms with Gasteiger partial charge in [0.05, 0.1) is 5.52 Å². The van der Waals surface area contributed by atoms with Crippen LogP contribution in [-0.2, 0) is 6.54 Å². The summed E-state index contributed by atoms with van der Waals surface area (Å²) in [7, 11) is 4.32. The summed E-state index contributed by atoms with van der Waals surface area (Å²) in [5.74, 6) is 0.438. The summed E-state index contributed by atoms with van der Waals surface area (Å²) >= 11 is 0. The average Bonchev–Trinajstić information content (AvgIpc) is 2.82. The molecule has 0 aliphatic carbocycles. The topological polar surface area (TPSA) is 28.5 Å². The van der Waals surface area contributed by atoms with Crippen LogP contribution in [-0.4, -0.2) is 36.7 Å². The van der Waals surface area contributed by atoms with Gasteiger partial charge in [-0.05, 0) is 81.6 Å². The number of pyridine rings is 1. The van der Waals surface area contributed by atoms with Crippen LogP contribution >= 0.6 is 0 Å². The Hall–Kier alpha value is -2.85. The minimum Gasteiger partial charge on any atom is -0.344 e. The van der Waals surface area contributed by atoms with Crippen LogP contribution in [0.1, 0.15) is 50.2 Å². The number of fused-ring (bicyclic) bond motifs is 1. The molecule has 4 nitrogen and oxygen atoms in total. The van der Waals surface area contributed by atoms with Crippen molar-refractivity contribution in [3.8, 4) is 0 Å². The number of benzene rings is 2. The van der Waals surface area contributed by atoms with Gasteiger partial charge in [-0.25, -0.2) is 0 Å². The van der Waals surface area contributed by atoms with Gasteiger partial charge in [-0.3, -0.25) is 4.79 Å². The van der Waals surface area contributed by atoms with Crippen LogP contribution in [0.15, 0.2) is 65.5 Å². The Balaban J connectivity index is 1.83. The molecule has 32 heavy (non-hydrogen) atoms. The Morgan fingerprint density at radius 1 is 1.06 bits per heavy atom. The number of aromatic nitrogens is 1. The van der Waals surface area contributed by atoms with Crippen molar-refractivity contribution in [1.82, 2.24) is 9.47 Å². The molecule has 0 unspecified atom stereocenters. The number of hydrogen-bond donors (Lipinski definition) is 0. The maximum atomic E-state index is 12.9. The molecule has 3 aromatic rings. The second-order valence-electron chi connectivity index (χ2n) is 8.88. The van der Waals surface area contributed by atoms with Gasteiger partial charge < -0.3 is 14.4 Å². The Kier molecular flexibility index (Phi) is 6.80. The van der Waals surface area contributed by atoms with Crippen molar-refractivity contribution in [2.75, 3.05) is 32.1 Å². The van der Waals surface area contributed by atoms with Gasteiger partial charge in [-0.15, -0.1) is 0 Å². The Morgan fingerprint density at radius 2 is 1.78 bits per heavy atom. The SMILES string of the molecule is CC/C=C(\c1ccccc1)N(C)c1ccc2c(c1)c(C1CCN(C)CC1)cc(=O)n2CC. The molecule has 0 amide bonds. The number of piperidine rings is 1. The van der Waals surface area contributed by atoms with Crippen molar-refractivity contribution < 1.29 is 0 Å². The Bertz CT molecular complexity index is 1150. The molecule has 0 spiro atoms. The highest BCUT2D eigenvalue weighted by Gasteiger charge is 2.22. The lowest BCUT2D eigenvalue weighted by atomic mass is 9.87. The zero-order chi connectivity index (χ0) is 22.7. The third-order valence-electron chi connectivity index (χ3n) is 6.82. The van der Waals surface area contributed by atoms with E-state index in [1.807, 2.05) is 17.6 Å². The zero-order valence-electron chi connectivity index (χ0n) is 19.8. The van der Waals surface area contributed by atoms with Crippen LogP contribution in [0, 0.1) is 0 Å². The van der Waals surface area contributed by atoms with Crippen LogP contribution in [0.2, 0.25) is 0 Å². The first kappa shape index (κ1) is 22.3. The van der Waals surface area contributed by atoms with Gasteiger partial charge in [0.15, 0.2) is 0 Å². The number of likely N-dealkylation sites (tertiary alicyclic amines) is 1. The summed E-state index contributed by atoms with van der Waals surface area (Å²) in [4.78, 5) is 17.6. The van der Waals surface area contributed by atoms with Gasteiger partial charge in [-0.1, -0.05) is 43.3 Å². The minimum atomic E-state index is 0.117. The molecule has 0 saturated carbocycles. The van der Waals surface area contributed by atoms with E-state index in [0.717, 1.165) is 43.6 Å². The fourth-order valence-electron chi connectivity index (χ4n) is 4.98. The van der Waals surface area contributed by atoms with Crippen LogP contribution < -0.4 is 10.5 Å². The summed E-state index contributed by atoms with van der Waals surface area (Å²) in [5, 5.41) is 1.22. The van der Waals surface area contributed by atoms with Crippen molar-refractivity contribution >= 4 is 22.3 Å². The first-order chi connectivity index (χ1) is 15.5. The predicted octanol–water partition coefficient (Wildman–Crippen LogP) is 5.72. The van der Waals surface area contributed by atoms with Crippen molar-refractivity contribution in [1.29, 1.82) is 0 Å². The van der Waals surface area contributed by atoms with Crippen LogP contribution in [0.5, 0.6) is 0 Å². The van der Waals surface area contributed by atoms with E-state index >= 15 is 0 Å². The summed E-state index contributed by atoms with van der Waals surface area (Å²) in [6.07, 6.45) is 5.46. The molecule has 4 heteroatoms. The fraction of sp³-hybridized carbons (Fsp3) is 0.393. The lowest BCUT2D eigenvalue weighted by Crippen LogP contribution is -2.30. The van der Waals surface area contributed by atoms with Gasteiger partial charge in [-0.2, -0.15) is 0 Å². The first-order valence-corrected chi connectivity index (χ1v) is 11.9. The smallest absolute Gasteiger partial charge is 0.251 e. The molecule has 0 N–H and O–H groups in total. The summed E-state index contributed by atoms with van der Waals surface area (Å²) < 4.78 is 1.90. The summed E-state index contributed by atoms with van der Waals surface area (Å²) in [6, 6.07) is 19.1. The van der Waals surface area contributed by atoms with E-state index in [1.54, 1.807) is 0 Å². The van der Waals surface area contributed by atoms with E-state index < -0.39 is 0 Å². The highest BCUT2D eigenvalue weighted by atomic mass is 16.1. The number of aryl methyl sites for hydroxylation is 1. The number of allylic oxidation sites excluding steroid dienone is 1. The molecule has 0 radical (unpaired) electrons. The number of hydrogen-bond acceptors (Lipinski definition) is 3. The molecule has 0 atom stereocenters. The van der Waals surface area contributed by atoms with Crippen molar-refractivity contribution in [2.24, 2.45) is 0 Å². The van der Waals surface area contributed by atoms with E-state index in [4.69, 9.17) is 0 Å². The van der Waals surface area contributed by atoms with Crippen LogP contribution in [0.4, 0.5) is 5.69 Å². The predicted molar refractivity (Wildman–Crippen MR) is 136 cm³/mol. The zero-order valence-corrected chi connectivity index (χ0v) is 19.8. The molecule has 0 bridgehead atoms. The fourth-order valence-corrected chi connectivity index (χ4v) is 4.98. The normalized spacial score (nSPS) is 15.9. The number of rotatable bonds is 6. The van der Waals surface area contributed by atoms with Gasteiger partial charge in [0.1, 0.15) is 0 Å². The van der Waals surface area contributed by atoms with E-state index in [9.17, 15) is 4.79 Å². The van der Waals surface area contributed by atoms with E-state index in [2.05, 4.69) is 85.4 Å². The first-order valence-electron chi connectivity index (χ1n) is 11.9. The van der Waals surface area contributed by atoms with E-state index in [-0.39, 0.29) is 5.56 Å². The standard InChI is InChI=1S/C28H35N3O/c1-5-10-26(22-11-8-7-9-12-22)30(4)23-13-14-27-25(19-23)24(20-28(32)31(27)6-2)21-15-17-29(3)18-16-21/h7-14,19-21H,5-6,15-18H2,1-4H3/b26-10+. The molecule has 1 aliphatic heterocycles. The summed E-state index contributed by atoms with van der Waals surface area (Å²) in [5.41, 5.74) is 5.95. The molecule has 2 aromatic carbocycles. The second-order valence-corrected chi connectivity index (χ2v) is 8.88. The van der Waals surface area contributed by atoms with Crippen LogP contribution in [0.3, 0.4) is 0 Å². The third-order valence-corrected chi connectivity index (χ3v) is 6.82. The summed E-state index contributed by atoms with van der Waals surface area (Å²) in [6.45, 7) is 7.08. The van der Waals surface area contributed by atoms with E-state index in [0.29, 0.717) is 12.5 Å². The minimum absolute atomic E-state index is 0.117. The highest BCUT2D eigenvalue weighted by Crippen LogP contribution is 2.35. The molecular formula is C28H35N3O. The largest absolute Gasteiger partial charge is 0.344 e. The third kappa shape index (κ3) is 4.37. The lowest BCUT2D eigenvalue weighted by Gasteiger charge is -2.30. The van der Waals surface area contributed by atoms with E-state index in [1.165, 1.54) is 22.2 Å². The van der Waals surface area contributed by atoms with Crippen molar-refractivity contribution in [3.05, 3.63) is 82.2 Å². The lowest BCUT2D eigenvalue weighted by molar-refractivity contribution is 0.256. The molecule has 1 saturated heterocycles. The Labute approximate surface area is 191 Å². The molecular weight excluding hydrogens is 394 g/mol. The van der Waals surface area contributed by atoms with Gasteiger partial charge in [0.2, 0.25) is 0 Å². The quantitative estimate of drug-likeness (QED) is 0.502. The van der Waals surface area contributed by atoms with Gasteiger partial charge >= 0.3 is 0 Å². The monoisotopic (exact) mass is 429 g/mol. The second kappa shape index (κ2) is 9.74. The molecule has 1 fully saturated rings. The van der Waals surface area contributed by atoms with Gasteiger partial charge in [0.25, 0.3) is 5.56 Å². The molecule has 4 rings (SSSR count). The molecule has 1 aromatic heterocycles. The number of anilines is 1. The van der Waals surface area contributed by atoms with Crippen molar-refractivity contribution in [2.45, 2.75) is 45.6 Å². The van der Waals surface area contributed by atoms with Crippen LogP contribution in [0.25, 0.3) is 16.6 Å². The molecule has 168 valence electrons. The average molecular weight is 430 g/mol.